The van der Waals surface area contributed by atoms with E-state index in [-0.39, 0.29) is 5.92 Å². The highest BCUT2D eigenvalue weighted by atomic mass is 32.2. The van der Waals surface area contributed by atoms with Gasteiger partial charge in [-0.15, -0.1) is 11.8 Å². The van der Waals surface area contributed by atoms with Crippen LogP contribution in [0.2, 0.25) is 0 Å². The molecular formula is C15H20N4OS. The van der Waals surface area contributed by atoms with Crippen LogP contribution in [-0.4, -0.2) is 16.2 Å². The summed E-state index contributed by atoms with van der Waals surface area (Å²) in [4.78, 5) is 10.1. The minimum atomic E-state index is 0.193. The van der Waals surface area contributed by atoms with Gasteiger partial charge in [-0.3, -0.25) is 0 Å². The van der Waals surface area contributed by atoms with Crippen molar-refractivity contribution in [3.05, 3.63) is 35.7 Å². The fourth-order valence-electron chi connectivity index (χ4n) is 1.77. The molecule has 2 rings (SSSR count). The molecule has 0 saturated carbocycles. The number of nitrogens with two attached hydrogens (primary N) is 1. The highest BCUT2D eigenvalue weighted by Gasteiger charge is 2.14. The van der Waals surface area contributed by atoms with Crippen molar-refractivity contribution in [3.8, 4) is 11.6 Å². The number of hydrogen-bond acceptors (Lipinski definition) is 6. The molecule has 3 N–H and O–H groups in total. The van der Waals surface area contributed by atoms with Crippen LogP contribution in [0.15, 0.2) is 29.2 Å². The Kier molecular flexibility index (Phi) is 5.03. The summed E-state index contributed by atoms with van der Waals surface area (Å²) in [6, 6.07) is 7.89. The summed E-state index contributed by atoms with van der Waals surface area (Å²) in [6.45, 7) is 5.94. The number of benzene rings is 1. The number of rotatable bonds is 5. The van der Waals surface area contributed by atoms with Gasteiger partial charge in [0, 0.05) is 10.8 Å². The number of hydrazine groups is 1. The average Bonchev–Trinajstić information content (AvgIpc) is 2.49. The van der Waals surface area contributed by atoms with Gasteiger partial charge in [0.1, 0.15) is 11.6 Å². The zero-order valence-corrected chi connectivity index (χ0v) is 13.5. The van der Waals surface area contributed by atoms with Crippen LogP contribution in [0.3, 0.4) is 0 Å². The molecule has 0 aliphatic rings. The third-order valence-electron chi connectivity index (χ3n) is 3.05. The largest absolute Gasteiger partial charge is 0.439 e. The van der Waals surface area contributed by atoms with Crippen LogP contribution in [-0.2, 0) is 0 Å². The summed E-state index contributed by atoms with van der Waals surface area (Å²) in [5, 5.41) is 0. The smallest absolute Gasteiger partial charge is 0.227 e. The Balaban J connectivity index is 2.35. The van der Waals surface area contributed by atoms with E-state index < -0.39 is 0 Å². The first-order chi connectivity index (χ1) is 10.0. The minimum absolute atomic E-state index is 0.193. The van der Waals surface area contributed by atoms with E-state index in [2.05, 4.69) is 15.4 Å². The quantitative estimate of drug-likeness (QED) is 0.498. The van der Waals surface area contributed by atoms with Crippen LogP contribution in [0, 0.1) is 6.92 Å². The van der Waals surface area contributed by atoms with Gasteiger partial charge in [-0.25, -0.2) is 10.8 Å². The fourth-order valence-corrected chi connectivity index (χ4v) is 2.17. The van der Waals surface area contributed by atoms with E-state index in [4.69, 9.17) is 10.6 Å². The van der Waals surface area contributed by atoms with Crippen molar-refractivity contribution in [1.82, 2.24) is 9.97 Å². The van der Waals surface area contributed by atoms with Crippen molar-refractivity contribution in [2.45, 2.75) is 31.6 Å². The summed E-state index contributed by atoms with van der Waals surface area (Å²) >= 11 is 1.69. The standard InChI is InChI=1S/C15H20N4OS/c1-9(2)13-17-14(19-16)10(3)15(18-13)20-11-5-7-12(21-4)8-6-11/h5-9H,16H2,1-4H3,(H,17,18,19). The second-order valence-electron chi connectivity index (χ2n) is 4.94. The van der Waals surface area contributed by atoms with Gasteiger partial charge < -0.3 is 10.2 Å². The molecule has 1 heterocycles. The van der Waals surface area contributed by atoms with Crippen molar-refractivity contribution in [2.75, 3.05) is 11.7 Å². The third kappa shape index (κ3) is 3.65. The molecule has 0 unspecified atom stereocenters. The van der Waals surface area contributed by atoms with Gasteiger partial charge in [0.05, 0.1) is 5.56 Å². The molecule has 6 heteroatoms. The first kappa shape index (κ1) is 15.6. The van der Waals surface area contributed by atoms with Crippen molar-refractivity contribution < 1.29 is 4.74 Å². The number of aromatic nitrogens is 2. The summed E-state index contributed by atoms with van der Waals surface area (Å²) in [7, 11) is 0. The van der Waals surface area contributed by atoms with Gasteiger partial charge in [0.2, 0.25) is 5.88 Å². The number of nitrogens with one attached hydrogen (secondary N) is 1. The Bertz CT molecular complexity index is 614. The van der Waals surface area contributed by atoms with Crippen molar-refractivity contribution in [1.29, 1.82) is 0 Å². The first-order valence-corrected chi connectivity index (χ1v) is 7.94. The number of anilines is 1. The monoisotopic (exact) mass is 304 g/mol. The molecule has 0 spiro atoms. The highest BCUT2D eigenvalue weighted by Crippen LogP contribution is 2.29. The van der Waals surface area contributed by atoms with E-state index in [9.17, 15) is 0 Å². The van der Waals surface area contributed by atoms with Crippen molar-refractivity contribution >= 4 is 17.6 Å². The van der Waals surface area contributed by atoms with Crippen LogP contribution in [0.25, 0.3) is 0 Å². The second kappa shape index (κ2) is 6.78. The zero-order chi connectivity index (χ0) is 15.4. The average molecular weight is 304 g/mol. The zero-order valence-electron chi connectivity index (χ0n) is 12.7. The summed E-state index contributed by atoms with van der Waals surface area (Å²) in [5.74, 6) is 8.27. The van der Waals surface area contributed by atoms with E-state index in [1.54, 1.807) is 11.8 Å². The van der Waals surface area contributed by atoms with E-state index >= 15 is 0 Å². The van der Waals surface area contributed by atoms with Crippen LogP contribution < -0.4 is 16.0 Å². The normalized spacial score (nSPS) is 10.8. The van der Waals surface area contributed by atoms with Crippen LogP contribution in [0.4, 0.5) is 5.82 Å². The predicted molar refractivity (Wildman–Crippen MR) is 87.0 cm³/mol. The lowest BCUT2D eigenvalue weighted by Crippen LogP contribution is -2.13. The summed E-state index contributed by atoms with van der Waals surface area (Å²) in [6.07, 6.45) is 2.04. The van der Waals surface area contributed by atoms with E-state index in [0.29, 0.717) is 17.5 Å². The molecule has 0 radical (unpaired) electrons. The molecule has 21 heavy (non-hydrogen) atoms. The Labute approximate surface area is 129 Å². The Hall–Kier alpha value is -1.79. The fraction of sp³-hybridized carbons (Fsp3) is 0.333. The Morgan fingerprint density at radius 1 is 1.19 bits per heavy atom. The Morgan fingerprint density at radius 2 is 1.86 bits per heavy atom. The SMILES string of the molecule is CSc1ccc(Oc2nc(C(C)C)nc(NN)c2C)cc1. The van der Waals surface area contributed by atoms with Gasteiger partial charge in [-0.1, -0.05) is 13.8 Å². The summed E-state index contributed by atoms with van der Waals surface area (Å²) in [5.41, 5.74) is 3.39. The maximum atomic E-state index is 5.89. The molecule has 0 bridgehead atoms. The molecule has 5 nitrogen and oxygen atoms in total. The number of thioether (sulfide) groups is 1. The van der Waals surface area contributed by atoms with Gasteiger partial charge in [-0.2, -0.15) is 4.98 Å². The first-order valence-electron chi connectivity index (χ1n) is 6.72. The second-order valence-corrected chi connectivity index (χ2v) is 5.82. The van der Waals surface area contributed by atoms with E-state index in [1.807, 2.05) is 51.3 Å². The highest BCUT2D eigenvalue weighted by molar-refractivity contribution is 7.98. The van der Waals surface area contributed by atoms with Gasteiger partial charge in [-0.05, 0) is 37.4 Å². The summed E-state index contributed by atoms with van der Waals surface area (Å²) < 4.78 is 5.89. The van der Waals surface area contributed by atoms with E-state index in [0.717, 1.165) is 11.3 Å². The lowest BCUT2D eigenvalue weighted by atomic mass is 10.2. The number of nitrogens with zero attached hydrogens (tertiary/aromatic N) is 2. The molecule has 0 saturated heterocycles. The Morgan fingerprint density at radius 3 is 2.38 bits per heavy atom. The predicted octanol–water partition coefficient (Wildman–Crippen LogP) is 3.71. The molecular weight excluding hydrogens is 284 g/mol. The lowest BCUT2D eigenvalue weighted by molar-refractivity contribution is 0.453. The van der Waals surface area contributed by atoms with Gasteiger partial charge in [0.25, 0.3) is 0 Å². The van der Waals surface area contributed by atoms with Crippen LogP contribution >= 0.6 is 11.8 Å². The molecule has 0 aliphatic heterocycles. The molecule has 0 atom stereocenters. The molecule has 1 aromatic carbocycles. The topological polar surface area (TPSA) is 73.1 Å². The maximum absolute atomic E-state index is 5.89. The van der Waals surface area contributed by atoms with Gasteiger partial charge in [0.15, 0.2) is 5.82 Å². The molecule has 1 aromatic heterocycles. The maximum Gasteiger partial charge on any atom is 0.227 e. The van der Waals surface area contributed by atoms with E-state index in [1.165, 1.54) is 4.90 Å². The molecule has 0 fully saturated rings. The number of ether oxygens (including phenoxy) is 1. The molecule has 0 amide bonds. The van der Waals surface area contributed by atoms with Crippen molar-refractivity contribution in [3.63, 3.8) is 0 Å². The lowest BCUT2D eigenvalue weighted by Gasteiger charge is -2.14. The van der Waals surface area contributed by atoms with Crippen LogP contribution in [0.5, 0.6) is 11.6 Å². The van der Waals surface area contributed by atoms with Gasteiger partial charge >= 0.3 is 0 Å². The third-order valence-corrected chi connectivity index (χ3v) is 3.79. The van der Waals surface area contributed by atoms with Crippen LogP contribution in [0.1, 0.15) is 31.2 Å². The number of nitrogen functional groups attached to an aromatic ring is 1. The molecule has 0 aliphatic carbocycles. The molecule has 112 valence electrons. The van der Waals surface area contributed by atoms with Crippen molar-refractivity contribution in [2.24, 2.45) is 5.84 Å². The molecule has 2 aromatic rings. The number of hydrogen-bond donors (Lipinski definition) is 2. The minimum Gasteiger partial charge on any atom is -0.439 e.